The van der Waals surface area contributed by atoms with Crippen molar-refractivity contribution < 1.29 is 19.8 Å². The average molecular weight is 570 g/mol. The van der Waals surface area contributed by atoms with Gasteiger partial charge in [-0.1, -0.05) is 46.8 Å². The van der Waals surface area contributed by atoms with E-state index >= 15 is 0 Å². The number of nitrogens with zero attached hydrogens (tertiary/aromatic N) is 4. The topological polar surface area (TPSA) is 111 Å². The van der Waals surface area contributed by atoms with Crippen LogP contribution in [0.4, 0.5) is 0 Å². The van der Waals surface area contributed by atoms with Gasteiger partial charge in [0.1, 0.15) is 6.04 Å². The summed E-state index contributed by atoms with van der Waals surface area (Å²) in [4.78, 5) is 30.5. The van der Waals surface area contributed by atoms with E-state index in [4.69, 9.17) is 0 Å². The average Bonchev–Trinajstić information content (AvgIpc) is 3.63. The zero-order valence-electron chi connectivity index (χ0n) is 26.0. The van der Waals surface area contributed by atoms with Gasteiger partial charge in [0.25, 0.3) is 0 Å². The van der Waals surface area contributed by atoms with Crippen LogP contribution in [0.2, 0.25) is 0 Å². The summed E-state index contributed by atoms with van der Waals surface area (Å²) >= 11 is 0. The molecule has 0 aliphatic carbocycles. The maximum atomic E-state index is 13.6. The first-order valence-corrected chi connectivity index (χ1v) is 15.4. The van der Waals surface area contributed by atoms with Gasteiger partial charge in [-0.15, -0.1) is 0 Å². The molecule has 4 unspecified atom stereocenters. The predicted molar refractivity (Wildman–Crippen MR) is 162 cm³/mol. The standard InChI is InChI=1S/C30H45N5O4.C2H6/c1-6-35-27(9-12-31-35)22-7-8-24(25(15-22)21-10-13-33(5)14-11-21)26(18-36)32-29(38)28-16-23(37)17-34(28)30(39)20(4)19(2)3;1-2/h7-9,12,15,19-21,23,26,28,36-37H,6,10-11,13-14,16-18H2,1-5H3,(H,32,38);1-2H3. The van der Waals surface area contributed by atoms with Gasteiger partial charge in [0.15, 0.2) is 0 Å². The number of β-amino-alcohol motifs (C(OH)–C–C–N with tert-alkyl or cyclic N) is 1. The monoisotopic (exact) mass is 569 g/mol. The Morgan fingerprint density at radius 1 is 1.12 bits per heavy atom. The summed E-state index contributed by atoms with van der Waals surface area (Å²) in [5, 5.41) is 28.3. The number of aromatic nitrogens is 2. The highest BCUT2D eigenvalue weighted by Gasteiger charge is 2.41. The molecule has 2 aromatic rings. The number of carbonyl (C=O) groups excluding carboxylic acids is 2. The summed E-state index contributed by atoms with van der Waals surface area (Å²) in [6.07, 6.45) is 3.26. The molecule has 2 aliphatic rings. The molecule has 1 aromatic heterocycles. The van der Waals surface area contributed by atoms with Gasteiger partial charge in [-0.3, -0.25) is 14.3 Å². The lowest BCUT2D eigenvalue weighted by atomic mass is 9.83. The molecule has 2 saturated heterocycles. The molecule has 41 heavy (non-hydrogen) atoms. The van der Waals surface area contributed by atoms with Crippen LogP contribution in [-0.4, -0.2) is 87.0 Å². The van der Waals surface area contributed by atoms with Crippen LogP contribution in [0.1, 0.15) is 83.9 Å². The number of likely N-dealkylation sites (tertiary alicyclic amines) is 2. The van der Waals surface area contributed by atoms with E-state index in [-0.39, 0.29) is 43.2 Å². The molecule has 3 N–H and O–H groups in total. The molecular weight excluding hydrogens is 518 g/mol. The molecule has 0 saturated carbocycles. The van der Waals surface area contributed by atoms with Crippen molar-refractivity contribution in [2.75, 3.05) is 33.3 Å². The number of nitrogens with one attached hydrogen (secondary N) is 1. The van der Waals surface area contributed by atoms with Gasteiger partial charge in [0.2, 0.25) is 11.8 Å². The number of aryl methyl sites for hydroxylation is 1. The van der Waals surface area contributed by atoms with Crippen molar-refractivity contribution in [1.29, 1.82) is 0 Å². The second-order valence-corrected chi connectivity index (χ2v) is 11.6. The van der Waals surface area contributed by atoms with Crippen LogP contribution in [-0.2, 0) is 16.1 Å². The quantitative estimate of drug-likeness (QED) is 0.424. The first-order valence-electron chi connectivity index (χ1n) is 15.4. The number of aliphatic hydroxyl groups is 2. The summed E-state index contributed by atoms with van der Waals surface area (Å²) in [6, 6.07) is 6.89. The molecule has 3 heterocycles. The number of piperidine rings is 1. The van der Waals surface area contributed by atoms with Crippen LogP contribution in [0, 0.1) is 11.8 Å². The number of benzene rings is 1. The molecule has 0 spiro atoms. The van der Waals surface area contributed by atoms with Crippen molar-refractivity contribution in [1.82, 2.24) is 24.9 Å². The van der Waals surface area contributed by atoms with E-state index in [0.29, 0.717) is 5.92 Å². The highest BCUT2D eigenvalue weighted by atomic mass is 16.3. The van der Waals surface area contributed by atoms with E-state index in [1.165, 1.54) is 4.90 Å². The van der Waals surface area contributed by atoms with Gasteiger partial charge in [0.05, 0.1) is 24.4 Å². The molecule has 228 valence electrons. The zero-order chi connectivity index (χ0) is 30.3. The molecule has 9 nitrogen and oxygen atoms in total. The van der Waals surface area contributed by atoms with E-state index in [1.54, 1.807) is 0 Å². The maximum absolute atomic E-state index is 13.6. The smallest absolute Gasteiger partial charge is 0.243 e. The fraction of sp³-hybridized carbons (Fsp3) is 0.656. The third-order valence-corrected chi connectivity index (χ3v) is 8.69. The molecule has 0 bridgehead atoms. The zero-order valence-corrected chi connectivity index (χ0v) is 26.0. The summed E-state index contributed by atoms with van der Waals surface area (Å²) in [5.74, 6) is -0.273. The molecular formula is C32H51N5O4. The minimum absolute atomic E-state index is 0.119. The predicted octanol–water partition coefficient (Wildman–Crippen LogP) is 3.81. The number of carbonyl (C=O) groups is 2. The molecule has 4 rings (SSSR count). The summed E-state index contributed by atoms with van der Waals surface area (Å²) in [7, 11) is 2.13. The normalized spacial score (nSPS) is 21.4. The molecule has 1 aromatic carbocycles. The number of hydrogen-bond acceptors (Lipinski definition) is 6. The van der Waals surface area contributed by atoms with Crippen molar-refractivity contribution in [2.24, 2.45) is 11.8 Å². The van der Waals surface area contributed by atoms with Crippen LogP contribution in [0.5, 0.6) is 0 Å². The maximum Gasteiger partial charge on any atom is 0.243 e. The number of amides is 2. The van der Waals surface area contributed by atoms with Gasteiger partial charge >= 0.3 is 0 Å². The Morgan fingerprint density at radius 2 is 1.80 bits per heavy atom. The fourth-order valence-corrected chi connectivity index (χ4v) is 5.90. The van der Waals surface area contributed by atoms with Crippen molar-refractivity contribution in [3.63, 3.8) is 0 Å². The molecule has 9 heteroatoms. The number of hydrogen-bond donors (Lipinski definition) is 3. The van der Waals surface area contributed by atoms with Gasteiger partial charge in [0, 0.05) is 37.2 Å². The number of rotatable bonds is 9. The Balaban J connectivity index is 0.00000226. The van der Waals surface area contributed by atoms with Gasteiger partial charge in [-0.25, -0.2) is 0 Å². The first kappa shape index (κ1) is 32.8. The Kier molecular flexibility index (Phi) is 11.9. The second-order valence-electron chi connectivity index (χ2n) is 11.6. The lowest BCUT2D eigenvalue weighted by Gasteiger charge is -2.33. The van der Waals surface area contributed by atoms with E-state index < -0.39 is 18.2 Å². The van der Waals surface area contributed by atoms with Crippen LogP contribution in [0.3, 0.4) is 0 Å². The van der Waals surface area contributed by atoms with Crippen molar-refractivity contribution in [3.05, 3.63) is 41.6 Å². The lowest BCUT2D eigenvalue weighted by molar-refractivity contribution is -0.142. The first-order chi connectivity index (χ1) is 19.6. The van der Waals surface area contributed by atoms with Crippen molar-refractivity contribution in [3.8, 4) is 11.3 Å². The van der Waals surface area contributed by atoms with Crippen LogP contribution in [0.25, 0.3) is 11.3 Å². The highest BCUT2D eigenvalue weighted by Crippen LogP contribution is 2.36. The van der Waals surface area contributed by atoms with Gasteiger partial charge in [-0.05, 0) is 75.0 Å². The molecule has 2 fully saturated rings. The Bertz CT molecular complexity index is 1140. The van der Waals surface area contributed by atoms with E-state index in [2.05, 4.69) is 35.4 Å². The van der Waals surface area contributed by atoms with Gasteiger partial charge in [-0.2, -0.15) is 5.10 Å². The molecule has 0 radical (unpaired) electrons. The SMILES string of the molecule is CC.CCn1nccc1-c1ccc(C(CO)NC(=O)C2CC(O)CN2C(=O)C(C)C(C)C)c(C2CCN(C)CC2)c1. The highest BCUT2D eigenvalue weighted by molar-refractivity contribution is 5.89. The third-order valence-electron chi connectivity index (χ3n) is 8.69. The minimum Gasteiger partial charge on any atom is -0.394 e. The Morgan fingerprint density at radius 3 is 2.41 bits per heavy atom. The van der Waals surface area contributed by atoms with Crippen LogP contribution >= 0.6 is 0 Å². The van der Waals surface area contributed by atoms with E-state index in [9.17, 15) is 19.8 Å². The fourth-order valence-electron chi connectivity index (χ4n) is 5.90. The number of aliphatic hydroxyl groups excluding tert-OH is 2. The molecule has 2 amide bonds. The van der Waals surface area contributed by atoms with Crippen LogP contribution in [0.15, 0.2) is 30.5 Å². The second kappa shape index (κ2) is 14.9. The minimum atomic E-state index is -0.757. The molecule has 4 atom stereocenters. The summed E-state index contributed by atoms with van der Waals surface area (Å²) < 4.78 is 1.97. The Labute approximate surface area is 245 Å². The van der Waals surface area contributed by atoms with Gasteiger partial charge < -0.3 is 25.3 Å². The molecule has 2 aliphatic heterocycles. The largest absolute Gasteiger partial charge is 0.394 e. The summed E-state index contributed by atoms with van der Waals surface area (Å²) in [5.41, 5.74) is 4.14. The van der Waals surface area contributed by atoms with E-state index in [1.807, 2.05) is 63.7 Å². The lowest BCUT2D eigenvalue weighted by Crippen LogP contribution is -2.49. The van der Waals surface area contributed by atoms with E-state index in [0.717, 1.165) is 54.9 Å². The third kappa shape index (κ3) is 7.56. The van der Waals surface area contributed by atoms with Crippen LogP contribution < -0.4 is 5.32 Å². The summed E-state index contributed by atoms with van der Waals surface area (Å²) in [6.45, 7) is 14.5. The van der Waals surface area contributed by atoms with Crippen molar-refractivity contribution in [2.45, 2.75) is 91.5 Å². The van der Waals surface area contributed by atoms with Crippen molar-refractivity contribution >= 4 is 11.8 Å². The Hall–Kier alpha value is -2.75.